The third-order valence-corrected chi connectivity index (χ3v) is 6.78. The predicted octanol–water partition coefficient (Wildman–Crippen LogP) is 6.21. The van der Waals surface area contributed by atoms with E-state index in [1.165, 1.54) is 0 Å². The summed E-state index contributed by atoms with van der Waals surface area (Å²) in [5.41, 5.74) is 2.16. The van der Waals surface area contributed by atoms with Crippen molar-refractivity contribution in [3.63, 3.8) is 0 Å². The van der Waals surface area contributed by atoms with Crippen LogP contribution in [0.5, 0.6) is 11.5 Å². The van der Waals surface area contributed by atoms with Crippen molar-refractivity contribution in [3.8, 4) is 11.5 Å². The van der Waals surface area contributed by atoms with Gasteiger partial charge in [-0.15, -0.1) is 0 Å². The number of rotatable bonds is 9. The topological polar surface area (TPSA) is 67.9 Å². The second kappa shape index (κ2) is 12.1. The van der Waals surface area contributed by atoms with Gasteiger partial charge in [0, 0.05) is 35.0 Å². The molecule has 3 aromatic carbocycles. The Morgan fingerprint density at radius 2 is 1.68 bits per heavy atom. The number of hydrogen-bond acceptors (Lipinski definition) is 4. The lowest BCUT2D eigenvalue weighted by Crippen LogP contribution is -2.54. The number of hydrogen-bond donors (Lipinski definition) is 1. The lowest BCUT2D eigenvalue weighted by atomic mass is 9.99. The summed E-state index contributed by atoms with van der Waals surface area (Å²) in [5.74, 6) is 0.994. The van der Waals surface area contributed by atoms with Gasteiger partial charge >= 0.3 is 0 Å². The number of carbonyl (C=O) groups is 2. The molecule has 1 unspecified atom stereocenters. The Hall–Kier alpha value is -3.22. The summed E-state index contributed by atoms with van der Waals surface area (Å²) in [6.07, 6.45) is 1.06. The number of carbonyl (C=O) groups excluding carboxylic acids is 2. The molecule has 6 nitrogen and oxygen atoms in total. The van der Waals surface area contributed by atoms with Crippen molar-refractivity contribution in [2.24, 2.45) is 0 Å². The van der Waals surface area contributed by atoms with Gasteiger partial charge in [-0.2, -0.15) is 0 Å². The zero-order valence-corrected chi connectivity index (χ0v) is 23.3. The number of halogens is 2. The molecule has 0 fully saturated rings. The van der Waals surface area contributed by atoms with E-state index in [0.29, 0.717) is 39.9 Å². The number of aryl methyl sites for hydroxylation is 1. The van der Waals surface area contributed by atoms with Crippen LogP contribution >= 0.6 is 23.2 Å². The van der Waals surface area contributed by atoms with Gasteiger partial charge in [-0.25, -0.2) is 0 Å². The van der Waals surface area contributed by atoms with Crippen molar-refractivity contribution in [1.29, 1.82) is 0 Å². The van der Waals surface area contributed by atoms with E-state index in [1.807, 2.05) is 69.3 Å². The van der Waals surface area contributed by atoms with Crippen molar-refractivity contribution in [2.75, 3.05) is 6.79 Å². The highest BCUT2D eigenvalue weighted by molar-refractivity contribution is 6.35. The zero-order valence-electron chi connectivity index (χ0n) is 21.8. The molecular formula is C30H32Cl2N2O4. The fourth-order valence-electron chi connectivity index (χ4n) is 4.33. The van der Waals surface area contributed by atoms with Gasteiger partial charge in [0.05, 0.1) is 0 Å². The summed E-state index contributed by atoms with van der Waals surface area (Å²) in [6, 6.07) is 19.8. The normalized spacial score (nSPS) is 13.2. The molecule has 3 aromatic rings. The monoisotopic (exact) mass is 554 g/mol. The Kier molecular flexibility index (Phi) is 8.85. The molecule has 1 aliphatic heterocycles. The van der Waals surface area contributed by atoms with Crippen molar-refractivity contribution >= 4 is 35.0 Å². The first-order chi connectivity index (χ1) is 18.1. The van der Waals surface area contributed by atoms with Crippen LogP contribution in [0, 0.1) is 0 Å². The molecule has 0 bridgehead atoms. The van der Waals surface area contributed by atoms with Crippen LogP contribution in [0.1, 0.15) is 43.9 Å². The van der Waals surface area contributed by atoms with Gasteiger partial charge in [0.2, 0.25) is 18.6 Å². The Bertz CT molecular complexity index is 1290. The molecule has 0 radical (unpaired) electrons. The molecule has 0 aromatic heterocycles. The first-order valence-electron chi connectivity index (χ1n) is 12.6. The molecule has 4 rings (SSSR count). The minimum atomic E-state index is -0.743. The third-order valence-electron chi connectivity index (χ3n) is 6.19. The van der Waals surface area contributed by atoms with E-state index in [4.69, 9.17) is 32.7 Å². The summed E-state index contributed by atoms with van der Waals surface area (Å²) < 4.78 is 10.9. The lowest BCUT2D eigenvalue weighted by molar-refractivity contribution is -0.141. The molecule has 1 N–H and O–H groups in total. The van der Waals surface area contributed by atoms with Crippen molar-refractivity contribution in [3.05, 3.63) is 93.5 Å². The highest BCUT2D eigenvalue weighted by Crippen LogP contribution is 2.33. The van der Waals surface area contributed by atoms with Crippen molar-refractivity contribution in [1.82, 2.24) is 10.2 Å². The van der Waals surface area contributed by atoms with Gasteiger partial charge in [-0.05, 0) is 68.1 Å². The lowest BCUT2D eigenvalue weighted by Gasteiger charge is -2.34. The minimum absolute atomic E-state index is 0.154. The highest BCUT2D eigenvalue weighted by atomic mass is 35.5. The van der Waals surface area contributed by atoms with E-state index in [1.54, 1.807) is 23.1 Å². The Morgan fingerprint density at radius 1 is 0.947 bits per heavy atom. The summed E-state index contributed by atoms with van der Waals surface area (Å²) in [7, 11) is 0. The molecule has 0 saturated heterocycles. The maximum absolute atomic E-state index is 13.9. The van der Waals surface area contributed by atoms with E-state index < -0.39 is 11.6 Å². The van der Waals surface area contributed by atoms with Crippen LogP contribution in [0.25, 0.3) is 0 Å². The number of ether oxygens (including phenoxy) is 2. The summed E-state index contributed by atoms with van der Waals surface area (Å²) in [6.45, 7) is 6.13. The molecule has 8 heteroatoms. The second-order valence-electron chi connectivity index (χ2n) is 10.4. The molecular weight excluding hydrogens is 523 g/mol. The molecule has 0 saturated carbocycles. The van der Waals surface area contributed by atoms with Crippen LogP contribution in [0.4, 0.5) is 0 Å². The number of nitrogens with zero attached hydrogens (tertiary/aromatic N) is 1. The SMILES string of the molecule is CC(C)(C)NC(=O)C(Cc1ccccc1)N(Cc1ccc(Cl)cc1Cl)C(=O)CCc1ccc2c(c1)OCO2. The largest absolute Gasteiger partial charge is 0.454 e. The maximum atomic E-state index is 13.9. The van der Waals surface area contributed by atoms with E-state index >= 15 is 0 Å². The van der Waals surface area contributed by atoms with Gasteiger partial charge in [0.25, 0.3) is 0 Å². The molecule has 38 heavy (non-hydrogen) atoms. The Balaban J connectivity index is 1.64. The second-order valence-corrected chi connectivity index (χ2v) is 11.2. The molecule has 1 aliphatic rings. The van der Waals surface area contributed by atoms with Crippen molar-refractivity contribution in [2.45, 2.75) is 58.2 Å². The highest BCUT2D eigenvalue weighted by Gasteiger charge is 2.32. The average Bonchev–Trinajstić information content (AvgIpc) is 3.33. The minimum Gasteiger partial charge on any atom is -0.454 e. The maximum Gasteiger partial charge on any atom is 0.243 e. The van der Waals surface area contributed by atoms with Crippen LogP contribution in [0.15, 0.2) is 66.7 Å². The number of fused-ring (bicyclic) bond motifs is 1. The first-order valence-corrected chi connectivity index (χ1v) is 13.3. The summed E-state index contributed by atoms with van der Waals surface area (Å²) in [4.78, 5) is 29.1. The smallest absolute Gasteiger partial charge is 0.243 e. The molecule has 0 aliphatic carbocycles. The van der Waals surface area contributed by atoms with Crippen LogP contribution in [0.3, 0.4) is 0 Å². The van der Waals surface area contributed by atoms with Crippen LogP contribution < -0.4 is 14.8 Å². The van der Waals surface area contributed by atoms with Crippen LogP contribution in [-0.4, -0.2) is 35.1 Å². The molecule has 1 atom stereocenters. The third kappa shape index (κ3) is 7.42. The zero-order chi connectivity index (χ0) is 27.3. The molecule has 1 heterocycles. The van der Waals surface area contributed by atoms with Crippen molar-refractivity contribution < 1.29 is 19.1 Å². The Morgan fingerprint density at radius 3 is 2.39 bits per heavy atom. The average molecular weight is 556 g/mol. The van der Waals surface area contributed by atoms with Crippen LogP contribution in [-0.2, 0) is 29.0 Å². The van der Waals surface area contributed by atoms with Gasteiger partial charge in [0.15, 0.2) is 11.5 Å². The number of nitrogens with one attached hydrogen (secondary N) is 1. The van der Waals surface area contributed by atoms with Gasteiger partial charge in [-0.1, -0.05) is 65.7 Å². The van der Waals surface area contributed by atoms with E-state index in [-0.39, 0.29) is 31.6 Å². The van der Waals surface area contributed by atoms with Gasteiger partial charge in [0.1, 0.15) is 6.04 Å². The number of amides is 2. The molecule has 200 valence electrons. The van der Waals surface area contributed by atoms with E-state index in [0.717, 1.165) is 11.1 Å². The van der Waals surface area contributed by atoms with E-state index in [9.17, 15) is 9.59 Å². The molecule has 2 amide bonds. The van der Waals surface area contributed by atoms with Gasteiger partial charge < -0.3 is 19.7 Å². The Labute approximate surface area is 233 Å². The fourth-order valence-corrected chi connectivity index (χ4v) is 4.80. The van der Waals surface area contributed by atoms with E-state index in [2.05, 4.69) is 5.32 Å². The van der Waals surface area contributed by atoms with Crippen LogP contribution in [0.2, 0.25) is 10.0 Å². The molecule has 0 spiro atoms. The quantitative estimate of drug-likeness (QED) is 0.341. The number of benzene rings is 3. The summed E-state index contributed by atoms with van der Waals surface area (Å²) in [5, 5.41) is 4.02. The predicted molar refractivity (Wildman–Crippen MR) is 150 cm³/mol. The first kappa shape index (κ1) is 27.8. The van der Waals surface area contributed by atoms with Gasteiger partial charge in [-0.3, -0.25) is 9.59 Å². The standard InChI is InChI=1S/C30H32Cl2N2O4/c1-30(2,3)33-29(36)25(15-20-7-5-4-6-8-20)34(18-22-11-12-23(31)17-24(22)32)28(35)14-10-21-9-13-26-27(16-21)38-19-37-26/h4-9,11-13,16-17,25H,10,14-15,18-19H2,1-3H3,(H,33,36). The fraction of sp³-hybridized carbons (Fsp3) is 0.333. The summed E-state index contributed by atoms with van der Waals surface area (Å²) >= 11 is 12.6.